The Kier molecular flexibility index (Phi) is 4.98. The second kappa shape index (κ2) is 6.72. The fourth-order valence-corrected chi connectivity index (χ4v) is 2.92. The first-order valence-electron chi connectivity index (χ1n) is 7.72. The van der Waals surface area contributed by atoms with Crippen LogP contribution in [0.5, 0.6) is 0 Å². The minimum Gasteiger partial charge on any atom is -0.368 e. The summed E-state index contributed by atoms with van der Waals surface area (Å²) in [7, 11) is 0. The first kappa shape index (κ1) is 14.8. The summed E-state index contributed by atoms with van der Waals surface area (Å²) < 4.78 is 0. The molecule has 6 nitrogen and oxygen atoms in total. The number of hydrogen-bond donors (Lipinski definition) is 1. The standard InChI is InChI=1S/C14H26N6/c1-4-19(5-2)13-16-12(15)17-14(18-13)20(6-3)11-9-7-8-10-11/h11H,4-10H2,1-3H3,(H2,15,16,17,18). The molecule has 1 aromatic heterocycles. The average Bonchev–Trinajstić information content (AvgIpc) is 2.94. The molecule has 0 aliphatic heterocycles. The van der Waals surface area contributed by atoms with E-state index < -0.39 is 0 Å². The largest absolute Gasteiger partial charge is 0.368 e. The van der Waals surface area contributed by atoms with Gasteiger partial charge in [-0.1, -0.05) is 12.8 Å². The fraction of sp³-hybridized carbons (Fsp3) is 0.786. The lowest BCUT2D eigenvalue weighted by Crippen LogP contribution is -2.35. The summed E-state index contributed by atoms with van der Waals surface area (Å²) in [4.78, 5) is 17.6. The Balaban J connectivity index is 2.29. The number of nitrogen functional groups attached to an aromatic ring is 1. The highest BCUT2D eigenvalue weighted by Crippen LogP contribution is 2.27. The van der Waals surface area contributed by atoms with Gasteiger partial charge >= 0.3 is 0 Å². The highest BCUT2D eigenvalue weighted by Gasteiger charge is 2.24. The molecule has 0 amide bonds. The Morgan fingerprint density at radius 1 is 0.950 bits per heavy atom. The van der Waals surface area contributed by atoms with E-state index in [1.807, 2.05) is 0 Å². The van der Waals surface area contributed by atoms with E-state index in [-0.39, 0.29) is 0 Å². The first-order valence-corrected chi connectivity index (χ1v) is 7.72. The van der Waals surface area contributed by atoms with Gasteiger partial charge in [-0.05, 0) is 33.6 Å². The van der Waals surface area contributed by atoms with E-state index in [4.69, 9.17) is 5.73 Å². The maximum Gasteiger partial charge on any atom is 0.232 e. The average molecular weight is 278 g/mol. The lowest BCUT2D eigenvalue weighted by Gasteiger charge is -2.28. The molecule has 20 heavy (non-hydrogen) atoms. The monoisotopic (exact) mass is 278 g/mol. The molecule has 1 aromatic rings. The number of nitrogens with two attached hydrogens (primary N) is 1. The second-order valence-corrected chi connectivity index (χ2v) is 5.19. The van der Waals surface area contributed by atoms with Crippen molar-refractivity contribution < 1.29 is 0 Å². The van der Waals surface area contributed by atoms with Gasteiger partial charge in [-0.15, -0.1) is 0 Å². The van der Waals surface area contributed by atoms with Crippen LogP contribution in [0, 0.1) is 0 Å². The smallest absolute Gasteiger partial charge is 0.232 e. The van der Waals surface area contributed by atoms with Crippen molar-refractivity contribution in [1.82, 2.24) is 15.0 Å². The fourth-order valence-electron chi connectivity index (χ4n) is 2.92. The predicted octanol–water partition coefficient (Wildman–Crippen LogP) is 2.07. The summed E-state index contributed by atoms with van der Waals surface area (Å²) in [6.07, 6.45) is 5.04. The quantitative estimate of drug-likeness (QED) is 0.859. The van der Waals surface area contributed by atoms with E-state index >= 15 is 0 Å². The minimum absolute atomic E-state index is 0.313. The van der Waals surface area contributed by atoms with E-state index in [1.165, 1.54) is 25.7 Å². The molecule has 0 spiro atoms. The number of anilines is 3. The first-order chi connectivity index (χ1) is 9.69. The molecule has 0 saturated heterocycles. The van der Waals surface area contributed by atoms with Crippen LogP contribution < -0.4 is 15.5 Å². The van der Waals surface area contributed by atoms with Crippen molar-refractivity contribution in [1.29, 1.82) is 0 Å². The van der Waals surface area contributed by atoms with Gasteiger partial charge in [-0.3, -0.25) is 0 Å². The Morgan fingerprint density at radius 2 is 1.55 bits per heavy atom. The Labute approximate surface area is 121 Å². The third-order valence-electron chi connectivity index (χ3n) is 4.04. The van der Waals surface area contributed by atoms with Crippen molar-refractivity contribution in [2.45, 2.75) is 52.5 Å². The van der Waals surface area contributed by atoms with Gasteiger partial charge in [0.25, 0.3) is 0 Å². The summed E-state index contributed by atoms with van der Waals surface area (Å²) in [6, 6.07) is 0.548. The zero-order valence-corrected chi connectivity index (χ0v) is 12.8. The predicted molar refractivity (Wildman–Crippen MR) is 83.1 cm³/mol. The van der Waals surface area contributed by atoms with E-state index in [2.05, 4.69) is 45.5 Å². The number of nitrogens with zero attached hydrogens (tertiary/aromatic N) is 5. The van der Waals surface area contributed by atoms with Gasteiger partial charge in [0, 0.05) is 25.7 Å². The molecule has 2 N–H and O–H groups in total. The third kappa shape index (κ3) is 3.11. The molecule has 1 fully saturated rings. The van der Waals surface area contributed by atoms with Crippen LogP contribution in [-0.4, -0.2) is 40.6 Å². The highest BCUT2D eigenvalue weighted by atomic mass is 15.4. The van der Waals surface area contributed by atoms with Crippen LogP contribution in [-0.2, 0) is 0 Å². The van der Waals surface area contributed by atoms with E-state index in [1.54, 1.807) is 0 Å². The lowest BCUT2D eigenvalue weighted by atomic mass is 10.2. The maximum absolute atomic E-state index is 5.88. The van der Waals surface area contributed by atoms with Crippen molar-refractivity contribution >= 4 is 17.8 Å². The molecular weight excluding hydrogens is 252 g/mol. The van der Waals surface area contributed by atoms with E-state index in [9.17, 15) is 0 Å². The molecule has 0 aromatic carbocycles. The molecule has 0 unspecified atom stereocenters. The van der Waals surface area contributed by atoms with Gasteiger partial charge in [0.15, 0.2) is 0 Å². The Morgan fingerprint density at radius 3 is 2.10 bits per heavy atom. The van der Waals surface area contributed by atoms with Crippen LogP contribution in [0.2, 0.25) is 0 Å². The van der Waals surface area contributed by atoms with Crippen LogP contribution in [0.15, 0.2) is 0 Å². The minimum atomic E-state index is 0.313. The number of aromatic nitrogens is 3. The molecular formula is C14H26N6. The lowest BCUT2D eigenvalue weighted by molar-refractivity contribution is 0.603. The molecule has 1 aliphatic carbocycles. The molecule has 1 aliphatic rings. The number of rotatable bonds is 6. The van der Waals surface area contributed by atoms with Crippen LogP contribution in [0.25, 0.3) is 0 Å². The third-order valence-corrected chi connectivity index (χ3v) is 4.04. The van der Waals surface area contributed by atoms with Gasteiger partial charge in [-0.2, -0.15) is 15.0 Å². The topological polar surface area (TPSA) is 71.2 Å². The highest BCUT2D eigenvalue weighted by molar-refractivity contribution is 5.44. The van der Waals surface area contributed by atoms with Gasteiger partial charge in [0.2, 0.25) is 17.8 Å². The molecule has 6 heteroatoms. The van der Waals surface area contributed by atoms with Crippen molar-refractivity contribution in [2.24, 2.45) is 0 Å². The molecule has 0 bridgehead atoms. The van der Waals surface area contributed by atoms with Crippen LogP contribution in [0.3, 0.4) is 0 Å². The molecule has 112 valence electrons. The van der Waals surface area contributed by atoms with Gasteiger partial charge in [0.1, 0.15) is 0 Å². The Hall–Kier alpha value is -1.59. The van der Waals surface area contributed by atoms with Crippen LogP contribution >= 0.6 is 0 Å². The SMILES string of the molecule is CCN(CC)c1nc(N)nc(N(CC)C2CCCC2)n1. The molecule has 1 heterocycles. The van der Waals surface area contributed by atoms with E-state index in [0.717, 1.165) is 25.6 Å². The Bertz CT molecular complexity index is 426. The zero-order valence-electron chi connectivity index (χ0n) is 12.8. The summed E-state index contributed by atoms with van der Waals surface area (Å²) >= 11 is 0. The van der Waals surface area contributed by atoms with Gasteiger partial charge < -0.3 is 15.5 Å². The summed E-state index contributed by atoms with van der Waals surface area (Å²) in [5, 5.41) is 0. The zero-order chi connectivity index (χ0) is 14.5. The molecule has 1 saturated carbocycles. The number of hydrogen-bond acceptors (Lipinski definition) is 6. The van der Waals surface area contributed by atoms with E-state index in [0.29, 0.717) is 17.9 Å². The van der Waals surface area contributed by atoms with Gasteiger partial charge in [-0.25, -0.2) is 0 Å². The van der Waals surface area contributed by atoms with Crippen molar-refractivity contribution in [3.63, 3.8) is 0 Å². The molecule has 0 radical (unpaired) electrons. The van der Waals surface area contributed by atoms with Crippen molar-refractivity contribution in [3.8, 4) is 0 Å². The normalized spacial score (nSPS) is 15.6. The maximum atomic E-state index is 5.88. The summed E-state index contributed by atoms with van der Waals surface area (Å²) in [6.45, 7) is 8.99. The van der Waals surface area contributed by atoms with Crippen LogP contribution in [0.1, 0.15) is 46.5 Å². The second-order valence-electron chi connectivity index (χ2n) is 5.19. The summed E-state index contributed by atoms with van der Waals surface area (Å²) in [5.41, 5.74) is 5.88. The molecule has 0 atom stereocenters. The van der Waals surface area contributed by atoms with Crippen LogP contribution in [0.4, 0.5) is 17.8 Å². The van der Waals surface area contributed by atoms with Crippen molar-refractivity contribution in [3.05, 3.63) is 0 Å². The summed E-state index contributed by atoms with van der Waals surface area (Å²) in [5.74, 6) is 1.73. The van der Waals surface area contributed by atoms with Gasteiger partial charge in [0.05, 0.1) is 0 Å². The molecule has 2 rings (SSSR count). The van der Waals surface area contributed by atoms with Crippen molar-refractivity contribution in [2.75, 3.05) is 35.2 Å².